The topological polar surface area (TPSA) is 26.3 Å². The Morgan fingerprint density at radius 3 is 2.67 bits per heavy atom. The van der Waals surface area contributed by atoms with Gasteiger partial charge in [-0.2, -0.15) is 0 Å². The molecule has 0 N–H and O–H groups in total. The number of carbonyl (C=O) groups excluding carboxylic acids is 1. The van der Waals surface area contributed by atoms with E-state index in [9.17, 15) is 4.79 Å². The molecule has 0 atom stereocenters. The highest BCUT2D eigenvalue weighted by molar-refractivity contribution is 6.34. The summed E-state index contributed by atoms with van der Waals surface area (Å²) in [6, 6.07) is 14.6. The molecule has 18 heavy (non-hydrogen) atoms. The fourth-order valence-corrected chi connectivity index (χ4v) is 1.99. The van der Waals surface area contributed by atoms with Gasteiger partial charge in [-0.05, 0) is 29.8 Å². The molecule has 0 aliphatic carbocycles. The van der Waals surface area contributed by atoms with Gasteiger partial charge in [0.2, 0.25) is 0 Å². The average Bonchev–Trinajstić information content (AvgIpc) is 2.39. The van der Waals surface area contributed by atoms with Gasteiger partial charge in [-0.15, -0.1) is 0 Å². The molecule has 0 unspecified atom stereocenters. The third-order valence-electron chi connectivity index (χ3n) is 2.67. The molecule has 0 aliphatic rings. The summed E-state index contributed by atoms with van der Waals surface area (Å²) in [6.07, 6.45) is 0.320. The quantitative estimate of drug-likeness (QED) is 0.782. The van der Waals surface area contributed by atoms with E-state index in [1.807, 2.05) is 36.4 Å². The van der Waals surface area contributed by atoms with Crippen LogP contribution in [0.15, 0.2) is 48.5 Å². The first kappa shape index (κ1) is 12.7. The van der Waals surface area contributed by atoms with Crippen molar-refractivity contribution in [1.82, 2.24) is 0 Å². The fraction of sp³-hybridized carbons (Fsp3) is 0.133. The van der Waals surface area contributed by atoms with E-state index >= 15 is 0 Å². The van der Waals surface area contributed by atoms with Crippen LogP contribution in [0.5, 0.6) is 5.75 Å². The van der Waals surface area contributed by atoms with Gasteiger partial charge in [-0.3, -0.25) is 4.79 Å². The van der Waals surface area contributed by atoms with E-state index in [2.05, 4.69) is 0 Å². The van der Waals surface area contributed by atoms with Gasteiger partial charge >= 0.3 is 0 Å². The van der Waals surface area contributed by atoms with Crippen LogP contribution in [0.1, 0.15) is 15.9 Å². The molecule has 2 aromatic carbocycles. The van der Waals surface area contributed by atoms with Crippen molar-refractivity contribution in [2.24, 2.45) is 0 Å². The monoisotopic (exact) mass is 260 g/mol. The Balaban J connectivity index is 2.19. The molecule has 0 amide bonds. The minimum atomic E-state index is 0.00820. The van der Waals surface area contributed by atoms with Gasteiger partial charge < -0.3 is 4.74 Å². The Hall–Kier alpha value is -1.80. The zero-order valence-corrected chi connectivity index (χ0v) is 10.8. The number of methoxy groups -OCH3 is 1. The summed E-state index contributed by atoms with van der Waals surface area (Å²) in [7, 11) is 1.61. The number of Topliss-reactive ketones (excluding diaryl/α,β-unsaturated/α-hetero) is 1. The fourth-order valence-electron chi connectivity index (χ4n) is 1.75. The van der Waals surface area contributed by atoms with E-state index < -0.39 is 0 Å². The van der Waals surface area contributed by atoms with Crippen molar-refractivity contribution in [2.45, 2.75) is 6.42 Å². The highest BCUT2D eigenvalue weighted by Crippen LogP contribution is 2.19. The molecule has 0 aromatic heterocycles. The normalized spacial score (nSPS) is 10.1. The van der Waals surface area contributed by atoms with Crippen molar-refractivity contribution in [3.05, 3.63) is 64.7 Å². The van der Waals surface area contributed by atoms with Crippen molar-refractivity contribution in [2.75, 3.05) is 7.11 Å². The van der Waals surface area contributed by atoms with E-state index in [1.165, 1.54) is 0 Å². The summed E-state index contributed by atoms with van der Waals surface area (Å²) >= 11 is 6.00. The number of carbonyl (C=O) groups is 1. The molecule has 0 radical (unpaired) electrons. The number of ether oxygens (including phenoxy) is 1. The zero-order chi connectivity index (χ0) is 13.0. The first-order chi connectivity index (χ1) is 8.70. The van der Waals surface area contributed by atoms with E-state index in [4.69, 9.17) is 16.3 Å². The van der Waals surface area contributed by atoms with Crippen LogP contribution in [0.3, 0.4) is 0 Å². The number of ketones is 1. The molecule has 2 nitrogen and oxygen atoms in total. The molecule has 0 bridgehead atoms. The van der Waals surface area contributed by atoms with Gasteiger partial charge in [0.1, 0.15) is 5.75 Å². The van der Waals surface area contributed by atoms with Crippen molar-refractivity contribution >= 4 is 17.4 Å². The number of benzene rings is 2. The average molecular weight is 261 g/mol. The van der Waals surface area contributed by atoms with E-state index in [1.54, 1.807) is 19.2 Å². The van der Waals surface area contributed by atoms with Gasteiger partial charge in [-0.25, -0.2) is 0 Å². The summed E-state index contributed by atoms with van der Waals surface area (Å²) in [5.74, 6) is 0.758. The minimum absolute atomic E-state index is 0.00820. The molecule has 0 spiro atoms. The molecule has 2 aromatic rings. The maximum atomic E-state index is 12.1. The van der Waals surface area contributed by atoms with Crippen LogP contribution in [-0.2, 0) is 6.42 Å². The lowest BCUT2D eigenvalue weighted by Gasteiger charge is -2.05. The predicted octanol–water partition coefficient (Wildman–Crippen LogP) is 3.77. The highest BCUT2D eigenvalue weighted by Gasteiger charge is 2.10. The van der Waals surface area contributed by atoms with Crippen LogP contribution >= 0.6 is 11.6 Å². The maximum Gasteiger partial charge on any atom is 0.168 e. The third kappa shape index (κ3) is 2.90. The van der Waals surface area contributed by atoms with Crippen molar-refractivity contribution in [1.29, 1.82) is 0 Å². The summed E-state index contributed by atoms with van der Waals surface area (Å²) < 4.78 is 5.13. The minimum Gasteiger partial charge on any atom is -0.497 e. The van der Waals surface area contributed by atoms with Crippen LogP contribution in [0, 0.1) is 0 Å². The van der Waals surface area contributed by atoms with Crippen LogP contribution in [-0.4, -0.2) is 12.9 Å². The molecule has 0 saturated carbocycles. The second-order valence-electron chi connectivity index (χ2n) is 3.93. The summed E-state index contributed by atoms with van der Waals surface area (Å²) in [6.45, 7) is 0. The molecular weight excluding hydrogens is 248 g/mol. The predicted molar refractivity (Wildman–Crippen MR) is 72.5 cm³/mol. The van der Waals surface area contributed by atoms with Crippen molar-refractivity contribution < 1.29 is 9.53 Å². The second-order valence-corrected chi connectivity index (χ2v) is 4.34. The van der Waals surface area contributed by atoms with Crippen LogP contribution in [0.2, 0.25) is 5.02 Å². The molecule has 0 aliphatic heterocycles. The Bertz CT molecular complexity index is 564. The molecule has 0 heterocycles. The molecular formula is C15H13ClO2. The summed E-state index contributed by atoms with van der Waals surface area (Å²) in [5.41, 5.74) is 1.47. The van der Waals surface area contributed by atoms with Gasteiger partial charge in [-0.1, -0.05) is 35.9 Å². The van der Waals surface area contributed by atoms with E-state index in [-0.39, 0.29) is 5.78 Å². The van der Waals surface area contributed by atoms with Gasteiger partial charge in [0, 0.05) is 12.0 Å². The number of halogens is 1. The Labute approximate surface area is 111 Å². The van der Waals surface area contributed by atoms with Gasteiger partial charge in [0.05, 0.1) is 12.1 Å². The number of hydrogen-bond donors (Lipinski definition) is 0. The first-order valence-electron chi connectivity index (χ1n) is 5.61. The molecule has 0 fully saturated rings. The Morgan fingerprint density at radius 1 is 1.17 bits per heavy atom. The van der Waals surface area contributed by atoms with Crippen LogP contribution < -0.4 is 4.74 Å². The summed E-state index contributed by atoms with van der Waals surface area (Å²) in [4.78, 5) is 12.1. The molecule has 2 rings (SSSR count). The van der Waals surface area contributed by atoms with Crippen LogP contribution in [0.25, 0.3) is 0 Å². The Morgan fingerprint density at radius 2 is 1.94 bits per heavy atom. The summed E-state index contributed by atoms with van der Waals surface area (Å²) in [5, 5.41) is 0.491. The lowest BCUT2D eigenvalue weighted by atomic mass is 10.0. The van der Waals surface area contributed by atoms with Crippen LogP contribution in [0.4, 0.5) is 0 Å². The van der Waals surface area contributed by atoms with Gasteiger partial charge in [0.25, 0.3) is 0 Å². The molecule has 3 heteroatoms. The number of rotatable bonds is 4. The second kappa shape index (κ2) is 5.69. The molecule has 0 saturated heterocycles. The third-order valence-corrected chi connectivity index (χ3v) is 3.00. The lowest BCUT2D eigenvalue weighted by molar-refractivity contribution is 0.0993. The SMILES string of the molecule is COc1cccc(CC(=O)c2ccccc2Cl)c1. The highest BCUT2D eigenvalue weighted by atomic mass is 35.5. The maximum absolute atomic E-state index is 12.1. The molecule has 92 valence electrons. The largest absolute Gasteiger partial charge is 0.497 e. The standard InChI is InChI=1S/C15H13ClO2/c1-18-12-6-4-5-11(9-12)10-15(17)13-7-2-3-8-14(13)16/h2-9H,10H2,1H3. The number of hydrogen-bond acceptors (Lipinski definition) is 2. The lowest BCUT2D eigenvalue weighted by Crippen LogP contribution is -2.04. The smallest absolute Gasteiger partial charge is 0.168 e. The first-order valence-corrected chi connectivity index (χ1v) is 5.99. The zero-order valence-electron chi connectivity index (χ0n) is 10.0. The van der Waals surface area contributed by atoms with Crippen molar-refractivity contribution in [3.63, 3.8) is 0 Å². The van der Waals surface area contributed by atoms with Crippen molar-refractivity contribution in [3.8, 4) is 5.75 Å². The van der Waals surface area contributed by atoms with Gasteiger partial charge in [0.15, 0.2) is 5.78 Å². The van der Waals surface area contributed by atoms with E-state index in [0.29, 0.717) is 17.0 Å². The van der Waals surface area contributed by atoms with E-state index in [0.717, 1.165) is 11.3 Å². The Kier molecular flexibility index (Phi) is 4.00.